The van der Waals surface area contributed by atoms with E-state index < -0.39 is 27.4 Å². The summed E-state index contributed by atoms with van der Waals surface area (Å²) in [6.45, 7) is 0. The second-order valence-corrected chi connectivity index (χ2v) is 5.47. The molecule has 0 saturated heterocycles. The second kappa shape index (κ2) is 3.98. The Labute approximate surface area is 103 Å². The van der Waals surface area contributed by atoms with E-state index in [1.807, 2.05) is 0 Å². The van der Waals surface area contributed by atoms with Crippen LogP contribution in [0.3, 0.4) is 0 Å². The minimum atomic E-state index is -3.91. The summed E-state index contributed by atoms with van der Waals surface area (Å²) in [5.41, 5.74) is -0.389. The van der Waals surface area contributed by atoms with Gasteiger partial charge in [-0.3, -0.25) is 9.29 Å². The van der Waals surface area contributed by atoms with Crippen molar-refractivity contribution >= 4 is 21.8 Å². The highest BCUT2D eigenvalue weighted by Gasteiger charge is 2.38. The number of fused-ring (bicyclic) bond motifs is 1. The topological polar surface area (TPSA) is 96.8 Å². The Bertz CT molecular complexity index is 650. The normalized spacial score (nSPS) is 17.3. The molecular weight excluding hydrogens is 260 g/mol. The lowest BCUT2D eigenvalue weighted by Gasteiger charge is -2.27. The number of aliphatic hydroxyl groups excluding tert-OH is 1. The van der Waals surface area contributed by atoms with Gasteiger partial charge in [0.2, 0.25) is 0 Å². The van der Waals surface area contributed by atoms with Crippen LogP contribution in [0.1, 0.15) is 5.56 Å². The number of esters is 1. The number of likely N-dealkylation sites (N-methyl/N-ethyl adjacent to an activating group) is 1. The van der Waals surface area contributed by atoms with E-state index >= 15 is 0 Å². The van der Waals surface area contributed by atoms with Gasteiger partial charge in [-0.15, -0.1) is 0 Å². The average molecular weight is 270 g/mol. The van der Waals surface area contributed by atoms with Gasteiger partial charge in [0.25, 0.3) is 10.0 Å². The molecule has 18 heavy (non-hydrogen) atoms. The van der Waals surface area contributed by atoms with E-state index in [4.69, 9.17) is 0 Å². The van der Waals surface area contributed by atoms with Gasteiger partial charge >= 0.3 is 5.97 Å². The van der Waals surface area contributed by atoms with Crippen molar-refractivity contribution < 1.29 is 23.1 Å². The Morgan fingerprint density at radius 1 is 1.50 bits per heavy atom. The molecule has 96 valence electrons. The van der Waals surface area contributed by atoms with E-state index in [9.17, 15) is 18.3 Å². The lowest BCUT2D eigenvalue weighted by Crippen LogP contribution is -2.35. The molecule has 8 heteroatoms. The number of sulfonamides is 1. The standard InChI is InChI=1S/C10H10N2O5S/c1-12-8(10(14)17-2)9(13)6-3-4-11-5-7(6)18(12,15)16/h3-5,13H,1-2H3. The molecule has 2 rings (SSSR count). The predicted molar refractivity (Wildman–Crippen MR) is 60.8 cm³/mol. The third kappa shape index (κ3) is 1.53. The van der Waals surface area contributed by atoms with Crippen LogP contribution in [0.15, 0.2) is 29.1 Å². The highest BCUT2D eigenvalue weighted by Crippen LogP contribution is 2.33. The van der Waals surface area contributed by atoms with Gasteiger partial charge in [0.15, 0.2) is 11.5 Å². The number of aromatic nitrogens is 1. The molecule has 0 spiro atoms. The summed E-state index contributed by atoms with van der Waals surface area (Å²) in [4.78, 5) is 15.1. The van der Waals surface area contributed by atoms with Crippen LogP contribution in [0.4, 0.5) is 0 Å². The molecule has 0 saturated carbocycles. The van der Waals surface area contributed by atoms with Crippen LogP contribution in [0.2, 0.25) is 0 Å². The Morgan fingerprint density at radius 3 is 2.78 bits per heavy atom. The average Bonchev–Trinajstić information content (AvgIpc) is 2.37. The molecule has 1 N–H and O–H groups in total. The molecule has 1 aliphatic heterocycles. The fraction of sp³-hybridized carbons (Fsp3) is 0.200. The molecule has 2 heterocycles. The van der Waals surface area contributed by atoms with Crippen molar-refractivity contribution in [2.45, 2.75) is 4.90 Å². The van der Waals surface area contributed by atoms with Gasteiger partial charge in [0.05, 0.1) is 7.11 Å². The van der Waals surface area contributed by atoms with Crippen molar-refractivity contribution in [2.24, 2.45) is 0 Å². The molecule has 1 aromatic rings. The van der Waals surface area contributed by atoms with Crippen molar-refractivity contribution in [3.8, 4) is 0 Å². The van der Waals surface area contributed by atoms with Gasteiger partial charge < -0.3 is 9.84 Å². The minimum Gasteiger partial charge on any atom is -0.505 e. The van der Waals surface area contributed by atoms with E-state index in [1.54, 1.807) is 0 Å². The molecule has 0 fully saturated rings. The molecule has 1 aliphatic rings. The number of hydrogen-bond donors (Lipinski definition) is 1. The molecule has 0 unspecified atom stereocenters. The van der Waals surface area contributed by atoms with Crippen LogP contribution in [0, 0.1) is 0 Å². The largest absolute Gasteiger partial charge is 0.505 e. The number of rotatable bonds is 1. The Hall–Kier alpha value is -2.09. The summed E-state index contributed by atoms with van der Waals surface area (Å²) in [7, 11) is -1.64. The van der Waals surface area contributed by atoms with Gasteiger partial charge in [-0.2, -0.15) is 0 Å². The van der Waals surface area contributed by atoms with E-state index in [-0.39, 0.29) is 10.5 Å². The number of methoxy groups -OCH3 is 1. The lowest BCUT2D eigenvalue weighted by molar-refractivity contribution is -0.137. The first-order valence-corrected chi connectivity index (χ1v) is 6.30. The summed E-state index contributed by atoms with van der Waals surface area (Å²) >= 11 is 0. The Kier molecular flexibility index (Phi) is 2.74. The molecule has 0 amide bonds. The smallest absolute Gasteiger partial charge is 0.359 e. The molecule has 0 bridgehead atoms. The van der Waals surface area contributed by atoms with Gasteiger partial charge in [-0.25, -0.2) is 13.2 Å². The van der Waals surface area contributed by atoms with Crippen LogP contribution in [0.25, 0.3) is 5.76 Å². The van der Waals surface area contributed by atoms with Crippen molar-refractivity contribution in [3.63, 3.8) is 0 Å². The number of hydrogen-bond acceptors (Lipinski definition) is 6. The second-order valence-electron chi connectivity index (χ2n) is 3.53. The lowest BCUT2D eigenvalue weighted by atomic mass is 10.2. The predicted octanol–water partition coefficient (Wildman–Crippen LogP) is 0.115. The van der Waals surface area contributed by atoms with Gasteiger partial charge in [-0.1, -0.05) is 0 Å². The van der Waals surface area contributed by atoms with Crippen LogP contribution >= 0.6 is 0 Å². The highest BCUT2D eigenvalue weighted by atomic mass is 32.2. The number of carbonyl (C=O) groups is 1. The maximum absolute atomic E-state index is 12.1. The zero-order valence-corrected chi connectivity index (χ0v) is 10.4. The molecular formula is C10H10N2O5S. The first-order chi connectivity index (χ1) is 8.41. The zero-order chi connectivity index (χ0) is 13.5. The molecule has 7 nitrogen and oxygen atoms in total. The maximum atomic E-state index is 12.1. The van der Waals surface area contributed by atoms with Crippen molar-refractivity contribution in [3.05, 3.63) is 29.7 Å². The van der Waals surface area contributed by atoms with Crippen LogP contribution in [0.5, 0.6) is 0 Å². The number of pyridine rings is 1. The quantitative estimate of drug-likeness (QED) is 0.728. The van der Waals surface area contributed by atoms with Gasteiger partial charge in [-0.05, 0) is 6.07 Å². The van der Waals surface area contributed by atoms with Gasteiger partial charge in [0.1, 0.15) is 4.90 Å². The zero-order valence-electron chi connectivity index (χ0n) is 9.61. The third-order valence-corrected chi connectivity index (χ3v) is 4.38. The summed E-state index contributed by atoms with van der Waals surface area (Å²) in [6.07, 6.45) is 2.44. The van der Waals surface area contributed by atoms with Crippen LogP contribution < -0.4 is 0 Å². The van der Waals surface area contributed by atoms with E-state index in [2.05, 4.69) is 9.72 Å². The molecule has 0 aliphatic carbocycles. The van der Waals surface area contributed by atoms with Crippen molar-refractivity contribution in [1.82, 2.24) is 9.29 Å². The number of aliphatic hydroxyl groups is 1. The first kappa shape index (κ1) is 12.4. The van der Waals surface area contributed by atoms with Crippen molar-refractivity contribution in [2.75, 3.05) is 14.2 Å². The minimum absolute atomic E-state index is 0.0310. The van der Waals surface area contributed by atoms with E-state index in [0.717, 1.165) is 20.4 Å². The summed E-state index contributed by atoms with van der Waals surface area (Å²) < 4.78 is 29.4. The molecule has 0 aromatic carbocycles. The van der Waals surface area contributed by atoms with Gasteiger partial charge in [0, 0.05) is 25.0 Å². The summed E-state index contributed by atoms with van der Waals surface area (Å²) in [5.74, 6) is -1.38. The fourth-order valence-corrected chi connectivity index (χ4v) is 2.98. The fourth-order valence-electron chi connectivity index (χ4n) is 1.65. The molecule has 0 atom stereocenters. The monoisotopic (exact) mass is 270 g/mol. The maximum Gasteiger partial charge on any atom is 0.359 e. The van der Waals surface area contributed by atoms with E-state index in [0.29, 0.717) is 4.31 Å². The van der Waals surface area contributed by atoms with Crippen LogP contribution in [-0.4, -0.2) is 42.9 Å². The summed E-state index contributed by atoms with van der Waals surface area (Å²) in [5, 5.41) is 9.97. The molecule has 0 radical (unpaired) electrons. The summed E-state index contributed by atoms with van der Waals surface area (Å²) in [6, 6.07) is 1.32. The number of ether oxygens (including phenoxy) is 1. The Morgan fingerprint density at radius 2 is 2.17 bits per heavy atom. The third-order valence-electron chi connectivity index (χ3n) is 2.60. The number of carbonyl (C=O) groups excluding carboxylic acids is 1. The number of nitrogens with zero attached hydrogens (tertiary/aromatic N) is 2. The van der Waals surface area contributed by atoms with Crippen molar-refractivity contribution in [1.29, 1.82) is 0 Å². The SMILES string of the molecule is COC(=O)C1=C(O)c2ccncc2S(=O)(=O)N1C. The highest BCUT2D eigenvalue weighted by molar-refractivity contribution is 7.89. The Balaban J connectivity index is 2.81. The van der Waals surface area contributed by atoms with E-state index in [1.165, 1.54) is 12.3 Å². The van der Waals surface area contributed by atoms with Crippen LogP contribution in [-0.2, 0) is 19.6 Å². The first-order valence-electron chi connectivity index (χ1n) is 4.86. The molecule has 1 aromatic heterocycles.